The number of hydrogen-bond acceptors (Lipinski definition) is 4. The lowest BCUT2D eigenvalue weighted by Gasteiger charge is -2.16. The minimum absolute atomic E-state index is 0. The van der Waals surface area contributed by atoms with Gasteiger partial charge in [0.1, 0.15) is 11.5 Å². The number of nitrogens with zero attached hydrogens (tertiary/aromatic N) is 1. The minimum atomic E-state index is 0. The van der Waals surface area contributed by atoms with Gasteiger partial charge < -0.3 is 19.7 Å². The number of carbonyl (C=O) groups is 1. The number of amides is 1. The fraction of sp³-hybridized carbons (Fsp3) is 0.588. The number of hydrogen-bond donors (Lipinski definition) is 1. The first-order valence-electron chi connectivity index (χ1n) is 7.92. The van der Waals surface area contributed by atoms with E-state index in [0.29, 0.717) is 18.9 Å². The first-order valence-corrected chi connectivity index (χ1v) is 7.92. The normalized spacial score (nSPS) is 16.8. The number of methoxy groups -OCH3 is 1. The number of benzene rings is 1. The molecule has 5 nitrogen and oxygen atoms in total. The van der Waals surface area contributed by atoms with E-state index in [0.717, 1.165) is 44.0 Å². The summed E-state index contributed by atoms with van der Waals surface area (Å²) in [6.07, 6.45) is 2.41. The first-order chi connectivity index (χ1) is 10.7. The highest BCUT2D eigenvalue weighted by Crippen LogP contribution is 2.18. The second-order valence-corrected chi connectivity index (χ2v) is 5.68. The molecule has 1 aromatic rings. The molecule has 1 N–H and O–H groups in total. The second-order valence-electron chi connectivity index (χ2n) is 5.68. The molecule has 0 aliphatic carbocycles. The Bertz CT molecular complexity index is 467. The predicted octanol–water partition coefficient (Wildman–Crippen LogP) is 2.34. The van der Waals surface area contributed by atoms with Gasteiger partial charge in [-0.3, -0.25) is 4.79 Å². The maximum atomic E-state index is 12.1. The maximum Gasteiger partial charge on any atom is 0.222 e. The van der Waals surface area contributed by atoms with Gasteiger partial charge in [-0.15, -0.1) is 12.4 Å². The van der Waals surface area contributed by atoms with Crippen molar-refractivity contribution in [1.29, 1.82) is 0 Å². The Morgan fingerprint density at radius 1 is 1.30 bits per heavy atom. The second kappa shape index (κ2) is 10.3. The summed E-state index contributed by atoms with van der Waals surface area (Å²) in [6, 6.07) is 7.49. The molecule has 1 fully saturated rings. The summed E-state index contributed by atoms with van der Waals surface area (Å²) in [5.74, 6) is 2.47. The van der Waals surface area contributed by atoms with Crippen molar-refractivity contribution in [2.24, 2.45) is 5.92 Å². The van der Waals surface area contributed by atoms with Gasteiger partial charge in [0.15, 0.2) is 0 Å². The van der Waals surface area contributed by atoms with Crippen molar-refractivity contribution in [3.63, 3.8) is 0 Å². The highest BCUT2D eigenvalue weighted by molar-refractivity contribution is 5.85. The van der Waals surface area contributed by atoms with Crippen molar-refractivity contribution in [2.45, 2.75) is 19.3 Å². The van der Waals surface area contributed by atoms with Gasteiger partial charge in [-0.25, -0.2) is 0 Å². The third-order valence-corrected chi connectivity index (χ3v) is 3.99. The number of halogens is 1. The lowest BCUT2D eigenvalue weighted by Crippen LogP contribution is -2.30. The van der Waals surface area contributed by atoms with Crippen LogP contribution >= 0.6 is 12.4 Å². The van der Waals surface area contributed by atoms with Crippen LogP contribution in [0.15, 0.2) is 24.3 Å². The number of likely N-dealkylation sites (tertiary alicyclic amines) is 1. The summed E-state index contributed by atoms with van der Waals surface area (Å²) in [5, 5.41) is 3.18. The maximum absolute atomic E-state index is 12.1. The Morgan fingerprint density at radius 2 is 2.00 bits per heavy atom. The van der Waals surface area contributed by atoms with E-state index in [-0.39, 0.29) is 18.3 Å². The van der Waals surface area contributed by atoms with E-state index in [2.05, 4.69) is 5.32 Å². The van der Waals surface area contributed by atoms with E-state index >= 15 is 0 Å². The van der Waals surface area contributed by atoms with Crippen LogP contribution in [-0.4, -0.2) is 51.2 Å². The fourth-order valence-electron chi connectivity index (χ4n) is 2.76. The Balaban J connectivity index is 0.00000264. The van der Waals surface area contributed by atoms with Crippen LogP contribution in [0.4, 0.5) is 0 Å². The third-order valence-electron chi connectivity index (χ3n) is 3.99. The molecule has 1 saturated heterocycles. The molecule has 2 rings (SSSR count). The van der Waals surface area contributed by atoms with Crippen molar-refractivity contribution < 1.29 is 14.3 Å². The Morgan fingerprint density at radius 3 is 2.65 bits per heavy atom. The topological polar surface area (TPSA) is 50.8 Å². The molecule has 0 radical (unpaired) electrons. The number of ether oxygens (including phenoxy) is 2. The van der Waals surface area contributed by atoms with E-state index in [1.807, 2.05) is 36.2 Å². The molecule has 0 bridgehead atoms. The molecule has 1 amide bonds. The number of rotatable bonds is 8. The number of carbonyl (C=O) groups excluding carboxylic acids is 1. The van der Waals surface area contributed by atoms with Crippen molar-refractivity contribution >= 4 is 18.3 Å². The molecule has 1 aromatic carbocycles. The number of nitrogens with one attached hydrogen (secondary N) is 1. The van der Waals surface area contributed by atoms with Gasteiger partial charge in [0, 0.05) is 19.5 Å². The third kappa shape index (κ3) is 6.28. The largest absolute Gasteiger partial charge is 0.497 e. The predicted molar refractivity (Wildman–Crippen MR) is 93.6 cm³/mol. The van der Waals surface area contributed by atoms with Crippen LogP contribution < -0.4 is 14.8 Å². The van der Waals surface area contributed by atoms with E-state index < -0.39 is 0 Å². The summed E-state index contributed by atoms with van der Waals surface area (Å²) < 4.78 is 10.7. The van der Waals surface area contributed by atoms with Crippen molar-refractivity contribution in [3.05, 3.63) is 24.3 Å². The SMILES string of the molecule is CNCC1CCN(C(=O)CCCOc2ccc(OC)cc2)C1.Cl. The van der Waals surface area contributed by atoms with Crippen molar-refractivity contribution in [3.8, 4) is 11.5 Å². The van der Waals surface area contributed by atoms with Gasteiger partial charge in [0.05, 0.1) is 13.7 Å². The van der Waals surface area contributed by atoms with Gasteiger partial charge in [-0.05, 0) is 56.6 Å². The summed E-state index contributed by atoms with van der Waals surface area (Å²) in [6.45, 7) is 3.33. The Labute approximate surface area is 144 Å². The van der Waals surface area contributed by atoms with Crippen molar-refractivity contribution in [1.82, 2.24) is 10.2 Å². The molecule has 1 unspecified atom stereocenters. The smallest absolute Gasteiger partial charge is 0.222 e. The van der Waals surface area contributed by atoms with E-state index in [1.54, 1.807) is 7.11 Å². The van der Waals surface area contributed by atoms with Crippen LogP contribution in [0.3, 0.4) is 0 Å². The monoisotopic (exact) mass is 342 g/mol. The lowest BCUT2D eigenvalue weighted by molar-refractivity contribution is -0.130. The molecule has 0 saturated carbocycles. The summed E-state index contributed by atoms with van der Waals surface area (Å²) in [7, 11) is 3.60. The van der Waals surface area contributed by atoms with Crippen LogP contribution in [0.25, 0.3) is 0 Å². The molecule has 1 heterocycles. The molecule has 1 atom stereocenters. The zero-order chi connectivity index (χ0) is 15.8. The first kappa shape index (κ1) is 19.6. The van der Waals surface area contributed by atoms with E-state index in [9.17, 15) is 4.79 Å². The van der Waals surface area contributed by atoms with Gasteiger partial charge in [-0.1, -0.05) is 0 Å². The van der Waals surface area contributed by atoms with Gasteiger partial charge >= 0.3 is 0 Å². The standard InChI is InChI=1S/C17H26N2O3.ClH/c1-18-12-14-9-10-19(13-14)17(20)4-3-11-22-16-7-5-15(21-2)6-8-16;/h5-8,14,18H,3-4,9-13H2,1-2H3;1H. The van der Waals surface area contributed by atoms with E-state index in [4.69, 9.17) is 9.47 Å². The summed E-state index contributed by atoms with van der Waals surface area (Å²) in [5.41, 5.74) is 0. The van der Waals surface area contributed by atoms with Gasteiger partial charge in [0.2, 0.25) is 5.91 Å². The molecule has 130 valence electrons. The zero-order valence-electron chi connectivity index (χ0n) is 13.9. The zero-order valence-corrected chi connectivity index (χ0v) is 14.7. The lowest BCUT2D eigenvalue weighted by atomic mass is 10.1. The van der Waals surface area contributed by atoms with Crippen LogP contribution in [0.5, 0.6) is 11.5 Å². The van der Waals surface area contributed by atoms with Crippen LogP contribution in [0.1, 0.15) is 19.3 Å². The molecule has 6 heteroatoms. The minimum Gasteiger partial charge on any atom is -0.497 e. The van der Waals surface area contributed by atoms with Gasteiger partial charge in [-0.2, -0.15) is 0 Å². The average molecular weight is 343 g/mol. The van der Waals surface area contributed by atoms with Crippen LogP contribution in [-0.2, 0) is 4.79 Å². The molecular weight excluding hydrogens is 316 g/mol. The highest BCUT2D eigenvalue weighted by atomic mass is 35.5. The molecule has 1 aliphatic heterocycles. The Kier molecular flexibility index (Phi) is 8.81. The molecule has 0 aromatic heterocycles. The average Bonchev–Trinajstić information content (AvgIpc) is 3.01. The van der Waals surface area contributed by atoms with Crippen LogP contribution in [0, 0.1) is 5.92 Å². The fourth-order valence-corrected chi connectivity index (χ4v) is 2.76. The molecule has 1 aliphatic rings. The van der Waals surface area contributed by atoms with Gasteiger partial charge in [0.25, 0.3) is 0 Å². The van der Waals surface area contributed by atoms with E-state index in [1.165, 1.54) is 0 Å². The molecule has 0 spiro atoms. The van der Waals surface area contributed by atoms with Crippen molar-refractivity contribution in [2.75, 3.05) is 40.4 Å². The summed E-state index contributed by atoms with van der Waals surface area (Å²) >= 11 is 0. The molecule has 23 heavy (non-hydrogen) atoms. The summed E-state index contributed by atoms with van der Waals surface area (Å²) in [4.78, 5) is 14.1. The highest BCUT2D eigenvalue weighted by Gasteiger charge is 2.25. The molecular formula is C17H27ClN2O3. The Hall–Kier alpha value is -1.46. The van der Waals surface area contributed by atoms with Crippen LogP contribution in [0.2, 0.25) is 0 Å². The quantitative estimate of drug-likeness (QED) is 0.737.